The van der Waals surface area contributed by atoms with Gasteiger partial charge in [-0.3, -0.25) is 24.2 Å². The molecule has 36 heavy (non-hydrogen) atoms. The van der Waals surface area contributed by atoms with Crippen LogP contribution < -0.4 is 5.69 Å². The van der Waals surface area contributed by atoms with Gasteiger partial charge < -0.3 is 9.84 Å². The summed E-state index contributed by atoms with van der Waals surface area (Å²) < 4.78 is 9.59. The number of nitrogens with zero attached hydrogens (tertiary/aromatic N) is 6. The first-order valence-corrected chi connectivity index (χ1v) is 12.3. The second-order valence-corrected chi connectivity index (χ2v) is 9.96. The molecule has 5 aromatic heterocycles. The van der Waals surface area contributed by atoms with Gasteiger partial charge in [0, 0.05) is 35.6 Å². The van der Waals surface area contributed by atoms with Gasteiger partial charge in [0.1, 0.15) is 0 Å². The Morgan fingerprint density at radius 1 is 1.08 bits per heavy atom. The first-order valence-electron chi connectivity index (χ1n) is 12.3. The number of ether oxygens (including phenoxy) is 1. The molecule has 1 fully saturated rings. The summed E-state index contributed by atoms with van der Waals surface area (Å²) >= 11 is 0. The molecule has 2 atom stereocenters. The third kappa shape index (κ3) is 3.59. The van der Waals surface area contributed by atoms with Crippen LogP contribution in [0.15, 0.2) is 41.7 Å². The molecule has 186 valence electrons. The Bertz CT molecular complexity index is 1620. The van der Waals surface area contributed by atoms with Crippen LogP contribution in [0.2, 0.25) is 0 Å². The lowest BCUT2D eigenvalue weighted by Gasteiger charge is -2.39. The van der Waals surface area contributed by atoms with E-state index in [-0.39, 0.29) is 36.3 Å². The van der Waals surface area contributed by atoms with Crippen LogP contribution in [0.5, 0.6) is 0 Å². The molecule has 10 heteroatoms. The van der Waals surface area contributed by atoms with Gasteiger partial charge in [-0.1, -0.05) is 13.8 Å². The third-order valence-corrected chi connectivity index (χ3v) is 7.57. The fourth-order valence-corrected chi connectivity index (χ4v) is 5.91. The van der Waals surface area contributed by atoms with Gasteiger partial charge in [0.15, 0.2) is 5.65 Å². The lowest BCUT2D eigenvalue weighted by atomic mass is 9.77. The normalized spacial score (nSPS) is 22.7. The van der Waals surface area contributed by atoms with E-state index in [4.69, 9.17) is 4.74 Å². The molecule has 5 heterocycles. The third-order valence-electron chi connectivity index (χ3n) is 7.57. The van der Waals surface area contributed by atoms with Crippen LogP contribution in [0.1, 0.15) is 32.7 Å². The van der Waals surface area contributed by atoms with Crippen molar-refractivity contribution < 1.29 is 9.84 Å². The van der Waals surface area contributed by atoms with E-state index in [1.807, 2.05) is 16.7 Å². The van der Waals surface area contributed by atoms with Gasteiger partial charge in [-0.15, -0.1) is 0 Å². The molecule has 0 bridgehead atoms. The molecule has 10 nitrogen and oxygen atoms in total. The molecule has 1 saturated carbocycles. The van der Waals surface area contributed by atoms with Crippen molar-refractivity contribution in [3.63, 3.8) is 0 Å². The number of aromatic nitrogens is 7. The fourth-order valence-electron chi connectivity index (χ4n) is 5.91. The number of hydrogen-bond donors (Lipinski definition) is 2. The van der Waals surface area contributed by atoms with Gasteiger partial charge in [0.05, 0.1) is 60.2 Å². The molecule has 0 spiro atoms. The number of fused-ring (bicyclic) bond motifs is 4. The van der Waals surface area contributed by atoms with Crippen molar-refractivity contribution in [3.05, 3.63) is 47.4 Å². The Labute approximate surface area is 207 Å². The molecule has 0 aliphatic heterocycles. The predicted molar refractivity (Wildman–Crippen MR) is 137 cm³/mol. The Kier molecular flexibility index (Phi) is 5.57. The number of hydrogen-bond acceptors (Lipinski definition) is 7. The van der Waals surface area contributed by atoms with Gasteiger partial charge in [-0.05, 0) is 36.8 Å². The first-order chi connectivity index (χ1) is 17.5. The van der Waals surface area contributed by atoms with Crippen LogP contribution >= 0.6 is 0 Å². The minimum Gasteiger partial charge on any atom is -0.394 e. The summed E-state index contributed by atoms with van der Waals surface area (Å²) in [6.45, 7) is 4.69. The maximum Gasteiger partial charge on any atom is 0.329 e. The van der Waals surface area contributed by atoms with Gasteiger partial charge in [0.25, 0.3) is 0 Å². The molecule has 0 saturated heterocycles. The average Bonchev–Trinajstić information content (AvgIpc) is 3.45. The van der Waals surface area contributed by atoms with Crippen LogP contribution in [0.25, 0.3) is 44.2 Å². The maximum atomic E-state index is 13.6. The van der Waals surface area contributed by atoms with E-state index in [0.717, 1.165) is 57.1 Å². The molecule has 2 unspecified atom stereocenters. The van der Waals surface area contributed by atoms with E-state index < -0.39 is 0 Å². The average molecular weight is 488 g/mol. The van der Waals surface area contributed by atoms with Crippen molar-refractivity contribution in [2.24, 2.45) is 18.9 Å². The molecule has 0 radical (unpaired) electrons. The number of pyridine rings is 3. The van der Waals surface area contributed by atoms with E-state index in [1.54, 1.807) is 36.4 Å². The van der Waals surface area contributed by atoms with Crippen LogP contribution in [-0.2, 0) is 11.8 Å². The zero-order valence-corrected chi connectivity index (χ0v) is 20.5. The first kappa shape index (κ1) is 22.8. The largest absolute Gasteiger partial charge is 0.394 e. The number of nitrogens with one attached hydrogen (secondary N) is 1. The highest BCUT2D eigenvalue weighted by Crippen LogP contribution is 2.39. The predicted octanol–water partition coefficient (Wildman–Crippen LogP) is 3.21. The molecule has 0 aromatic carbocycles. The number of aromatic amines is 1. The Morgan fingerprint density at radius 3 is 2.67 bits per heavy atom. The zero-order chi connectivity index (χ0) is 25.0. The van der Waals surface area contributed by atoms with Crippen LogP contribution in [0, 0.1) is 11.8 Å². The molecule has 1 aliphatic carbocycles. The number of imidazole rings is 1. The number of H-pyrrole nitrogens is 1. The van der Waals surface area contributed by atoms with Crippen LogP contribution in [-0.4, -0.2) is 58.7 Å². The molecular formula is C26H29N7O3. The molecule has 5 aromatic rings. The van der Waals surface area contributed by atoms with Gasteiger partial charge in [-0.2, -0.15) is 5.10 Å². The Hall–Kier alpha value is -3.63. The smallest absolute Gasteiger partial charge is 0.329 e. The zero-order valence-electron chi connectivity index (χ0n) is 20.5. The minimum atomic E-state index is -0.0433. The SMILES string of the molecule is CC1CC(n2c(=O)n(C)c3cnc4cnc(-c5cnc6[nH]ncc6c5)cc4c32)CC(C)C1OCCO. The topological polar surface area (TPSA) is 124 Å². The Balaban J connectivity index is 1.49. The monoisotopic (exact) mass is 487 g/mol. The highest BCUT2D eigenvalue weighted by Gasteiger charge is 2.36. The van der Waals surface area contributed by atoms with Gasteiger partial charge >= 0.3 is 5.69 Å². The van der Waals surface area contributed by atoms with E-state index in [9.17, 15) is 9.90 Å². The van der Waals surface area contributed by atoms with Crippen LogP contribution in [0.3, 0.4) is 0 Å². The molecular weight excluding hydrogens is 458 g/mol. The van der Waals surface area contributed by atoms with Crippen molar-refractivity contribution in [2.75, 3.05) is 13.2 Å². The standard InChI is InChI=1S/C26H29N7O3/c1-14-6-18(7-15(2)24(14)36-5-4-34)33-23-19-9-20(16-8-17-11-30-31-25(17)29-10-16)27-12-21(19)28-13-22(23)32(3)26(33)35/h8-15,18,24,34H,4-7H2,1-3H3,(H,29,30,31). The molecule has 2 N–H and O–H groups in total. The number of aryl methyl sites for hydroxylation is 1. The quantitative estimate of drug-likeness (QED) is 0.390. The molecule has 6 rings (SSSR count). The lowest BCUT2D eigenvalue weighted by Crippen LogP contribution is -2.40. The van der Waals surface area contributed by atoms with Crippen LogP contribution in [0.4, 0.5) is 0 Å². The van der Waals surface area contributed by atoms with Crippen molar-refractivity contribution in [1.29, 1.82) is 0 Å². The second kappa shape index (κ2) is 8.79. The van der Waals surface area contributed by atoms with Crippen molar-refractivity contribution in [2.45, 2.75) is 38.8 Å². The van der Waals surface area contributed by atoms with Crippen molar-refractivity contribution in [3.8, 4) is 11.3 Å². The van der Waals surface area contributed by atoms with Gasteiger partial charge in [0.2, 0.25) is 0 Å². The van der Waals surface area contributed by atoms with E-state index >= 15 is 0 Å². The number of aliphatic hydroxyl groups is 1. The summed E-state index contributed by atoms with van der Waals surface area (Å²) in [7, 11) is 1.80. The van der Waals surface area contributed by atoms with E-state index in [2.05, 4.69) is 39.0 Å². The summed E-state index contributed by atoms with van der Waals surface area (Å²) in [5.74, 6) is 0.510. The highest BCUT2D eigenvalue weighted by atomic mass is 16.5. The molecule has 0 amide bonds. The van der Waals surface area contributed by atoms with Crippen molar-refractivity contribution >= 4 is 33.0 Å². The fraction of sp³-hybridized carbons (Fsp3) is 0.423. The van der Waals surface area contributed by atoms with Crippen molar-refractivity contribution in [1.82, 2.24) is 34.3 Å². The summed E-state index contributed by atoms with van der Waals surface area (Å²) in [6, 6.07) is 4.04. The molecule has 1 aliphatic rings. The highest BCUT2D eigenvalue weighted by molar-refractivity contribution is 6.03. The van der Waals surface area contributed by atoms with E-state index in [1.165, 1.54) is 0 Å². The second-order valence-electron chi connectivity index (χ2n) is 9.96. The summed E-state index contributed by atoms with van der Waals surface area (Å²) in [6.07, 6.45) is 8.75. The van der Waals surface area contributed by atoms with Gasteiger partial charge in [-0.25, -0.2) is 9.78 Å². The number of rotatable bonds is 5. The van der Waals surface area contributed by atoms with E-state index in [0.29, 0.717) is 6.61 Å². The minimum absolute atomic E-state index is 0.0144. The Morgan fingerprint density at radius 2 is 1.89 bits per heavy atom. The maximum absolute atomic E-state index is 13.6. The summed E-state index contributed by atoms with van der Waals surface area (Å²) in [4.78, 5) is 27.3. The summed E-state index contributed by atoms with van der Waals surface area (Å²) in [5.41, 5.74) is 4.73. The summed E-state index contributed by atoms with van der Waals surface area (Å²) in [5, 5.41) is 17.9. The number of aliphatic hydroxyl groups excluding tert-OH is 1. The lowest BCUT2D eigenvalue weighted by molar-refractivity contribution is -0.0587.